The molecule has 0 spiro atoms. The average Bonchev–Trinajstić information content (AvgIpc) is 2.14. The molecule has 0 aromatic rings. The Kier molecular flexibility index (Phi) is 7.45. The topological polar surface area (TPSA) is 15.3 Å². The van der Waals surface area contributed by atoms with Crippen LogP contribution in [-0.4, -0.2) is 36.6 Å². The van der Waals surface area contributed by atoms with Gasteiger partial charge < -0.3 is 5.32 Å². The Morgan fingerprint density at radius 3 is 2.44 bits per heavy atom. The highest BCUT2D eigenvalue weighted by molar-refractivity contribution is 4.88. The molecule has 16 heavy (non-hydrogen) atoms. The maximum absolute atomic E-state index is 5.37. The van der Waals surface area contributed by atoms with Crippen molar-refractivity contribution in [3.63, 3.8) is 0 Å². The van der Waals surface area contributed by atoms with Gasteiger partial charge >= 0.3 is 0 Å². The highest BCUT2D eigenvalue weighted by Crippen LogP contribution is 2.04. The molecule has 0 aliphatic carbocycles. The molecule has 0 fully saturated rings. The lowest BCUT2D eigenvalue weighted by Gasteiger charge is -2.27. The van der Waals surface area contributed by atoms with Crippen molar-refractivity contribution >= 4 is 0 Å². The largest absolute Gasteiger partial charge is 0.312 e. The van der Waals surface area contributed by atoms with Gasteiger partial charge in [-0.05, 0) is 46.2 Å². The Hall–Kier alpha value is -0.520. The van der Waals surface area contributed by atoms with Crippen LogP contribution in [0.2, 0.25) is 0 Å². The monoisotopic (exact) mass is 224 g/mol. The lowest BCUT2D eigenvalue weighted by Crippen LogP contribution is -2.41. The summed E-state index contributed by atoms with van der Waals surface area (Å²) in [6.07, 6.45) is 6.54. The summed E-state index contributed by atoms with van der Waals surface area (Å²) in [6.45, 7) is 15.1. The third kappa shape index (κ3) is 8.76. The number of hydrogen-bond donors (Lipinski definition) is 1. The van der Waals surface area contributed by atoms with E-state index >= 15 is 0 Å². The van der Waals surface area contributed by atoms with Gasteiger partial charge in [0.05, 0.1) is 6.54 Å². The van der Waals surface area contributed by atoms with E-state index in [1.807, 2.05) is 0 Å². The molecule has 2 nitrogen and oxygen atoms in total. The molecule has 94 valence electrons. The van der Waals surface area contributed by atoms with Gasteiger partial charge in [-0.2, -0.15) is 0 Å². The van der Waals surface area contributed by atoms with Crippen LogP contribution in [0.15, 0.2) is 0 Å². The van der Waals surface area contributed by atoms with E-state index in [0.29, 0.717) is 5.92 Å². The summed E-state index contributed by atoms with van der Waals surface area (Å²) in [5.41, 5.74) is 0.204. The highest BCUT2D eigenvalue weighted by Gasteiger charge is 2.13. The van der Waals surface area contributed by atoms with E-state index in [1.54, 1.807) is 0 Å². The summed E-state index contributed by atoms with van der Waals surface area (Å²) < 4.78 is 0. The predicted octanol–water partition coefficient (Wildman–Crippen LogP) is 2.36. The second-order valence-electron chi connectivity index (χ2n) is 5.68. The summed E-state index contributed by atoms with van der Waals surface area (Å²) in [7, 11) is 0. The van der Waals surface area contributed by atoms with Gasteiger partial charge in [-0.3, -0.25) is 4.90 Å². The fraction of sp³-hybridized carbons (Fsp3) is 0.857. The molecular weight excluding hydrogens is 196 g/mol. The van der Waals surface area contributed by atoms with Crippen LogP contribution in [0.3, 0.4) is 0 Å². The quantitative estimate of drug-likeness (QED) is 0.668. The van der Waals surface area contributed by atoms with E-state index < -0.39 is 0 Å². The Balaban J connectivity index is 3.90. The molecule has 0 amide bonds. The van der Waals surface area contributed by atoms with E-state index in [1.165, 1.54) is 6.42 Å². The second kappa shape index (κ2) is 7.70. The molecular formula is C14H28N2. The smallest absolute Gasteiger partial charge is 0.0599 e. The van der Waals surface area contributed by atoms with Gasteiger partial charge in [0.2, 0.25) is 0 Å². The van der Waals surface area contributed by atoms with Crippen LogP contribution >= 0.6 is 0 Å². The van der Waals surface area contributed by atoms with E-state index in [2.05, 4.69) is 50.8 Å². The van der Waals surface area contributed by atoms with Crippen molar-refractivity contribution in [1.29, 1.82) is 0 Å². The number of rotatable bonds is 7. The molecule has 0 bridgehead atoms. The van der Waals surface area contributed by atoms with Crippen LogP contribution in [0, 0.1) is 18.3 Å². The molecule has 0 heterocycles. The van der Waals surface area contributed by atoms with E-state index in [0.717, 1.165) is 26.2 Å². The van der Waals surface area contributed by atoms with Gasteiger partial charge in [0.15, 0.2) is 0 Å². The molecule has 0 radical (unpaired) electrons. The predicted molar refractivity (Wildman–Crippen MR) is 72.5 cm³/mol. The maximum atomic E-state index is 5.37. The zero-order valence-electron chi connectivity index (χ0n) is 11.6. The minimum atomic E-state index is 0.204. The van der Waals surface area contributed by atoms with E-state index in [4.69, 9.17) is 6.42 Å². The summed E-state index contributed by atoms with van der Waals surface area (Å²) in [5, 5.41) is 3.53. The fourth-order valence-corrected chi connectivity index (χ4v) is 1.67. The molecule has 0 aliphatic heterocycles. The number of nitrogens with one attached hydrogen (secondary N) is 1. The van der Waals surface area contributed by atoms with Gasteiger partial charge in [0.25, 0.3) is 0 Å². The van der Waals surface area contributed by atoms with Gasteiger partial charge in [0.1, 0.15) is 0 Å². The SMILES string of the molecule is C#CCN(CCC)CC(C)CNC(C)(C)C. The number of hydrogen-bond acceptors (Lipinski definition) is 2. The fourth-order valence-electron chi connectivity index (χ4n) is 1.67. The van der Waals surface area contributed by atoms with E-state index in [-0.39, 0.29) is 5.54 Å². The zero-order valence-corrected chi connectivity index (χ0v) is 11.6. The Morgan fingerprint density at radius 2 is 2.00 bits per heavy atom. The number of nitrogens with zero attached hydrogens (tertiary/aromatic N) is 1. The Morgan fingerprint density at radius 1 is 1.38 bits per heavy atom. The molecule has 1 atom stereocenters. The first kappa shape index (κ1) is 15.5. The summed E-state index contributed by atoms with van der Waals surface area (Å²) in [4.78, 5) is 2.36. The van der Waals surface area contributed by atoms with Crippen molar-refractivity contribution in [1.82, 2.24) is 10.2 Å². The molecule has 0 rings (SSSR count). The second-order valence-corrected chi connectivity index (χ2v) is 5.68. The molecule has 0 aromatic carbocycles. The Bertz CT molecular complexity index is 210. The summed E-state index contributed by atoms with van der Waals surface area (Å²) in [5.74, 6) is 3.37. The first-order valence-corrected chi connectivity index (χ1v) is 6.30. The van der Waals surface area contributed by atoms with Crippen LogP contribution in [-0.2, 0) is 0 Å². The van der Waals surface area contributed by atoms with Crippen molar-refractivity contribution in [3.05, 3.63) is 0 Å². The first-order valence-electron chi connectivity index (χ1n) is 6.30. The molecule has 1 N–H and O–H groups in total. The van der Waals surface area contributed by atoms with Gasteiger partial charge in [0, 0.05) is 12.1 Å². The van der Waals surface area contributed by atoms with Gasteiger partial charge in [-0.25, -0.2) is 0 Å². The maximum Gasteiger partial charge on any atom is 0.0599 e. The average molecular weight is 224 g/mol. The third-order valence-corrected chi connectivity index (χ3v) is 2.41. The summed E-state index contributed by atoms with van der Waals surface area (Å²) >= 11 is 0. The lowest BCUT2D eigenvalue weighted by atomic mass is 10.1. The molecule has 0 aliphatic rings. The Labute approximate surface area is 102 Å². The van der Waals surface area contributed by atoms with Crippen LogP contribution in [0.1, 0.15) is 41.0 Å². The van der Waals surface area contributed by atoms with Crippen LogP contribution in [0.4, 0.5) is 0 Å². The van der Waals surface area contributed by atoms with Gasteiger partial charge in [-0.1, -0.05) is 19.8 Å². The van der Waals surface area contributed by atoms with Crippen LogP contribution < -0.4 is 5.32 Å². The van der Waals surface area contributed by atoms with Gasteiger partial charge in [-0.15, -0.1) is 6.42 Å². The van der Waals surface area contributed by atoms with Crippen molar-refractivity contribution < 1.29 is 0 Å². The normalized spacial score (nSPS) is 13.8. The van der Waals surface area contributed by atoms with Crippen LogP contribution in [0.25, 0.3) is 0 Å². The molecule has 0 saturated heterocycles. The minimum absolute atomic E-state index is 0.204. The molecule has 0 aromatic heterocycles. The van der Waals surface area contributed by atoms with Crippen molar-refractivity contribution in [2.45, 2.75) is 46.6 Å². The highest BCUT2D eigenvalue weighted by atomic mass is 15.1. The van der Waals surface area contributed by atoms with Crippen molar-refractivity contribution in [2.75, 3.05) is 26.2 Å². The van der Waals surface area contributed by atoms with E-state index in [9.17, 15) is 0 Å². The first-order chi connectivity index (χ1) is 7.39. The lowest BCUT2D eigenvalue weighted by molar-refractivity contribution is 0.250. The van der Waals surface area contributed by atoms with Crippen LogP contribution in [0.5, 0.6) is 0 Å². The number of terminal acetylenes is 1. The standard InChI is InChI=1S/C14H28N2/c1-7-9-16(10-8-2)12-13(3)11-15-14(4,5)6/h1,13,15H,8-12H2,2-6H3. The molecule has 0 saturated carbocycles. The van der Waals surface area contributed by atoms with Crippen molar-refractivity contribution in [2.24, 2.45) is 5.92 Å². The van der Waals surface area contributed by atoms with Crippen molar-refractivity contribution in [3.8, 4) is 12.3 Å². The molecule has 1 unspecified atom stereocenters. The summed E-state index contributed by atoms with van der Waals surface area (Å²) in [6, 6.07) is 0. The third-order valence-electron chi connectivity index (χ3n) is 2.41. The zero-order chi connectivity index (χ0) is 12.6. The minimum Gasteiger partial charge on any atom is -0.312 e. The molecule has 2 heteroatoms.